The number of carbonyl (C=O) groups is 1. The van der Waals surface area contributed by atoms with Gasteiger partial charge in [-0.05, 0) is 40.9 Å². The standard InChI is InChI=1S/C15H14BrN3O2/c16-12-4-2-1-3-11(12)15(20)19-7-10(8-19)14-17-13(18-21-14)9-5-6-9/h1-4,9-10H,5-8H2. The van der Waals surface area contributed by atoms with Crippen molar-refractivity contribution in [3.05, 3.63) is 46.0 Å². The van der Waals surface area contributed by atoms with Crippen molar-refractivity contribution in [3.8, 4) is 0 Å². The monoisotopic (exact) mass is 347 g/mol. The van der Waals surface area contributed by atoms with Crippen LogP contribution >= 0.6 is 15.9 Å². The summed E-state index contributed by atoms with van der Waals surface area (Å²) in [6.45, 7) is 1.29. The molecule has 2 heterocycles. The molecular weight excluding hydrogens is 334 g/mol. The molecule has 1 saturated heterocycles. The van der Waals surface area contributed by atoms with Gasteiger partial charge in [-0.25, -0.2) is 0 Å². The topological polar surface area (TPSA) is 59.2 Å². The number of hydrogen-bond donors (Lipinski definition) is 0. The number of likely N-dealkylation sites (tertiary alicyclic amines) is 1. The van der Waals surface area contributed by atoms with Crippen LogP contribution in [0.25, 0.3) is 0 Å². The molecule has 1 aliphatic heterocycles. The van der Waals surface area contributed by atoms with Crippen LogP contribution in [-0.4, -0.2) is 34.0 Å². The quantitative estimate of drug-likeness (QED) is 0.856. The van der Waals surface area contributed by atoms with Gasteiger partial charge in [-0.1, -0.05) is 17.3 Å². The molecule has 21 heavy (non-hydrogen) atoms. The summed E-state index contributed by atoms with van der Waals surface area (Å²) in [7, 11) is 0. The Labute approximate surface area is 130 Å². The van der Waals surface area contributed by atoms with Crippen molar-refractivity contribution in [1.82, 2.24) is 15.0 Å². The first-order chi connectivity index (χ1) is 10.2. The van der Waals surface area contributed by atoms with Gasteiger partial charge in [0, 0.05) is 23.5 Å². The van der Waals surface area contributed by atoms with Gasteiger partial charge in [0.2, 0.25) is 5.89 Å². The molecule has 0 spiro atoms. The Morgan fingerprint density at radius 2 is 2.00 bits per heavy atom. The second-order valence-electron chi connectivity index (χ2n) is 5.65. The maximum absolute atomic E-state index is 12.4. The summed E-state index contributed by atoms with van der Waals surface area (Å²) in [5, 5.41) is 4.03. The van der Waals surface area contributed by atoms with Crippen LogP contribution in [0.15, 0.2) is 33.3 Å². The second kappa shape index (κ2) is 4.94. The van der Waals surface area contributed by atoms with Gasteiger partial charge in [0.15, 0.2) is 5.82 Å². The molecule has 1 aromatic heterocycles. The zero-order valence-electron chi connectivity index (χ0n) is 11.3. The molecule has 4 rings (SSSR count). The first-order valence-corrected chi connectivity index (χ1v) is 7.89. The summed E-state index contributed by atoms with van der Waals surface area (Å²) in [6, 6.07) is 7.48. The van der Waals surface area contributed by atoms with E-state index in [1.54, 1.807) is 0 Å². The lowest BCUT2D eigenvalue weighted by Gasteiger charge is -2.37. The molecule has 1 aromatic carbocycles. The third kappa shape index (κ3) is 2.37. The molecule has 2 aliphatic rings. The van der Waals surface area contributed by atoms with Gasteiger partial charge in [-0.15, -0.1) is 0 Å². The highest BCUT2D eigenvalue weighted by Crippen LogP contribution is 2.39. The molecule has 0 radical (unpaired) electrons. The molecule has 2 fully saturated rings. The normalized spacial score (nSPS) is 18.6. The molecule has 5 nitrogen and oxygen atoms in total. The SMILES string of the molecule is O=C(c1ccccc1Br)N1CC(c2nc(C3CC3)no2)C1. The fourth-order valence-corrected chi connectivity index (χ4v) is 2.98. The van der Waals surface area contributed by atoms with E-state index in [4.69, 9.17) is 4.52 Å². The largest absolute Gasteiger partial charge is 0.339 e. The minimum atomic E-state index is 0.0423. The van der Waals surface area contributed by atoms with Crippen LogP contribution in [0.5, 0.6) is 0 Å². The van der Waals surface area contributed by atoms with Crippen LogP contribution < -0.4 is 0 Å². The molecule has 0 bridgehead atoms. The van der Waals surface area contributed by atoms with Crippen molar-refractivity contribution in [2.24, 2.45) is 0 Å². The highest BCUT2D eigenvalue weighted by molar-refractivity contribution is 9.10. The second-order valence-corrected chi connectivity index (χ2v) is 6.51. The molecule has 2 aromatic rings. The van der Waals surface area contributed by atoms with Crippen molar-refractivity contribution in [3.63, 3.8) is 0 Å². The van der Waals surface area contributed by atoms with Gasteiger partial charge in [0.1, 0.15) is 0 Å². The van der Waals surface area contributed by atoms with Crippen LogP contribution in [0.4, 0.5) is 0 Å². The number of halogens is 1. The van der Waals surface area contributed by atoms with E-state index in [1.165, 1.54) is 0 Å². The van der Waals surface area contributed by atoms with E-state index in [0.717, 1.165) is 23.1 Å². The number of amides is 1. The molecule has 0 unspecified atom stereocenters. The van der Waals surface area contributed by atoms with Crippen molar-refractivity contribution >= 4 is 21.8 Å². The maximum atomic E-state index is 12.4. The number of carbonyl (C=O) groups excluding carboxylic acids is 1. The van der Waals surface area contributed by atoms with E-state index in [-0.39, 0.29) is 11.8 Å². The van der Waals surface area contributed by atoms with Gasteiger partial charge >= 0.3 is 0 Å². The Bertz CT molecular complexity index is 690. The van der Waals surface area contributed by atoms with Crippen molar-refractivity contribution < 1.29 is 9.32 Å². The van der Waals surface area contributed by atoms with Crippen LogP contribution in [0.1, 0.15) is 46.8 Å². The molecule has 0 N–H and O–H groups in total. The first kappa shape index (κ1) is 13.0. The summed E-state index contributed by atoms with van der Waals surface area (Å²) in [5.41, 5.74) is 0.695. The molecular formula is C15H14BrN3O2. The summed E-state index contributed by atoms with van der Waals surface area (Å²) in [5.74, 6) is 2.23. The summed E-state index contributed by atoms with van der Waals surface area (Å²) < 4.78 is 6.15. The van der Waals surface area contributed by atoms with Crippen LogP contribution in [-0.2, 0) is 0 Å². The predicted molar refractivity (Wildman–Crippen MR) is 79.1 cm³/mol. The number of hydrogen-bond acceptors (Lipinski definition) is 4. The number of nitrogens with zero attached hydrogens (tertiary/aromatic N) is 3. The van der Waals surface area contributed by atoms with Gasteiger partial charge in [-0.3, -0.25) is 4.79 Å². The summed E-state index contributed by atoms with van der Waals surface area (Å²) in [6.07, 6.45) is 2.33. The molecule has 108 valence electrons. The zero-order chi connectivity index (χ0) is 14.4. The predicted octanol–water partition coefficient (Wildman–Crippen LogP) is 2.95. The molecule has 6 heteroatoms. The van der Waals surface area contributed by atoms with Crippen LogP contribution in [0.2, 0.25) is 0 Å². The third-order valence-corrected chi connectivity index (χ3v) is 4.71. The van der Waals surface area contributed by atoms with E-state index in [0.29, 0.717) is 30.5 Å². The Balaban J connectivity index is 1.42. The lowest BCUT2D eigenvalue weighted by atomic mass is 9.99. The smallest absolute Gasteiger partial charge is 0.255 e. The van der Waals surface area contributed by atoms with E-state index < -0.39 is 0 Å². The van der Waals surface area contributed by atoms with E-state index in [1.807, 2.05) is 29.2 Å². The lowest BCUT2D eigenvalue weighted by molar-refractivity contribution is 0.0568. The fraction of sp³-hybridized carbons (Fsp3) is 0.400. The highest BCUT2D eigenvalue weighted by atomic mass is 79.9. The average molecular weight is 348 g/mol. The minimum Gasteiger partial charge on any atom is -0.339 e. The van der Waals surface area contributed by atoms with Crippen LogP contribution in [0.3, 0.4) is 0 Å². The van der Waals surface area contributed by atoms with Gasteiger partial charge in [-0.2, -0.15) is 4.98 Å². The van der Waals surface area contributed by atoms with Gasteiger partial charge in [0.25, 0.3) is 5.91 Å². The fourth-order valence-electron chi connectivity index (χ4n) is 2.53. The van der Waals surface area contributed by atoms with E-state index in [2.05, 4.69) is 26.1 Å². The Morgan fingerprint density at radius 1 is 1.24 bits per heavy atom. The van der Waals surface area contributed by atoms with Gasteiger partial charge in [0.05, 0.1) is 11.5 Å². The van der Waals surface area contributed by atoms with Crippen molar-refractivity contribution in [2.75, 3.05) is 13.1 Å². The number of rotatable bonds is 3. The third-order valence-electron chi connectivity index (χ3n) is 4.02. The number of benzene rings is 1. The molecule has 1 saturated carbocycles. The molecule has 1 amide bonds. The summed E-state index contributed by atoms with van der Waals surface area (Å²) in [4.78, 5) is 18.6. The maximum Gasteiger partial charge on any atom is 0.255 e. The Kier molecular flexibility index (Phi) is 3.06. The zero-order valence-corrected chi connectivity index (χ0v) is 12.9. The summed E-state index contributed by atoms with van der Waals surface area (Å²) >= 11 is 3.42. The number of aromatic nitrogens is 2. The first-order valence-electron chi connectivity index (χ1n) is 7.09. The van der Waals surface area contributed by atoms with Crippen LogP contribution in [0, 0.1) is 0 Å². The molecule has 0 atom stereocenters. The minimum absolute atomic E-state index is 0.0423. The Hall–Kier alpha value is -1.69. The highest BCUT2D eigenvalue weighted by Gasteiger charge is 2.37. The van der Waals surface area contributed by atoms with Crippen molar-refractivity contribution in [2.45, 2.75) is 24.7 Å². The van der Waals surface area contributed by atoms with E-state index >= 15 is 0 Å². The van der Waals surface area contributed by atoms with Crippen molar-refractivity contribution in [1.29, 1.82) is 0 Å². The van der Waals surface area contributed by atoms with Gasteiger partial charge < -0.3 is 9.42 Å². The Morgan fingerprint density at radius 3 is 2.71 bits per heavy atom. The molecule has 1 aliphatic carbocycles. The average Bonchev–Trinajstić information content (AvgIpc) is 3.17. The lowest BCUT2D eigenvalue weighted by Crippen LogP contribution is -2.48. The van der Waals surface area contributed by atoms with E-state index in [9.17, 15) is 4.79 Å².